The van der Waals surface area contributed by atoms with Gasteiger partial charge in [-0.1, -0.05) is 61.9 Å². The summed E-state index contributed by atoms with van der Waals surface area (Å²) < 4.78 is 7.45. The van der Waals surface area contributed by atoms with Gasteiger partial charge in [0, 0.05) is 31.0 Å². The van der Waals surface area contributed by atoms with Crippen LogP contribution in [0, 0.1) is 6.92 Å². The average Bonchev–Trinajstić information content (AvgIpc) is 3.66. The molecule has 4 aromatic rings. The second kappa shape index (κ2) is 9.98. The van der Waals surface area contributed by atoms with Gasteiger partial charge in [0.15, 0.2) is 0 Å². The summed E-state index contributed by atoms with van der Waals surface area (Å²) in [5.74, 6) is 1.65. The van der Waals surface area contributed by atoms with E-state index in [1.807, 2.05) is 19.1 Å². The molecule has 1 aromatic heterocycles. The second-order valence-corrected chi connectivity index (χ2v) is 10.1. The molecule has 0 aliphatic carbocycles. The highest BCUT2D eigenvalue weighted by atomic mass is 16.5. The highest BCUT2D eigenvalue weighted by molar-refractivity contribution is 5.69. The summed E-state index contributed by atoms with van der Waals surface area (Å²) in [6, 6.07) is 23.8. The lowest BCUT2D eigenvalue weighted by Gasteiger charge is -2.16. The Morgan fingerprint density at radius 1 is 1.08 bits per heavy atom. The summed E-state index contributed by atoms with van der Waals surface area (Å²) in [7, 11) is 0. The Balaban J connectivity index is 1.36. The number of ether oxygens (including phenoxy) is 1. The normalized spacial score (nSPS) is 15.9. The van der Waals surface area contributed by atoms with E-state index in [1.54, 1.807) is 4.57 Å². The van der Waals surface area contributed by atoms with Gasteiger partial charge in [-0.05, 0) is 65.8 Å². The van der Waals surface area contributed by atoms with Crippen molar-refractivity contribution in [2.45, 2.75) is 52.0 Å². The third-order valence-corrected chi connectivity index (χ3v) is 7.52. The Morgan fingerprint density at radius 2 is 1.89 bits per heavy atom. The maximum absolute atomic E-state index is 14.0. The van der Waals surface area contributed by atoms with Crippen LogP contribution in [0.15, 0.2) is 71.5 Å². The summed E-state index contributed by atoms with van der Waals surface area (Å²) in [6.07, 6.45) is 4.35. The standard InChI is InChI=1S/C32H33N3O2/c1-3-4-9-29-28(32(36)35(21(2)34-29)25-14-15-31-24(19-25)16-17-37-31)18-22-10-12-23(13-11-22)26-7-5-6-8-27(26)30-20-33-30/h5-8,10-15,19,30,33H,3-4,9,16-18,20H2,1-2H3/t30-/m0/s1. The third-order valence-electron chi connectivity index (χ3n) is 7.52. The predicted molar refractivity (Wildman–Crippen MR) is 148 cm³/mol. The molecule has 2 aliphatic rings. The number of nitrogens with one attached hydrogen (secondary N) is 1. The van der Waals surface area contributed by atoms with Crippen molar-refractivity contribution in [3.63, 3.8) is 0 Å². The van der Waals surface area contributed by atoms with Crippen molar-refractivity contribution in [3.05, 3.63) is 111 Å². The maximum atomic E-state index is 14.0. The van der Waals surface area contributed by atoms with Crippen molar-refractivity contribution in [1.82, 2.24) is 14.9 Å². The molecule has 1 fully saturated rings. The van der Waals surface area contributed by atoms with Gasteiger partial charge in [0.25, 0.3) is 5.56 Å². The van der Waals surface area contributed by atoms with Crippen LogP contribution in [0.5, 0.6) is 5.75 Å². The second-order valence-electron chi connectivity index (χ2n) is 10.1. The molecule has 0 saturated carbocycles. The number of nitrogens with zero attached hydrogens (tertiary/aromatic N) is 2. The summed E-state index contributed by atoms with van der Waals surface area (Å²) in [6.45, 7) is 5.85. The predicted octanol–water partition coefficient (Wildman–Crippen LogP) is 5.72. The fourth-order valence-corrected chi connectivity index (χ4v) is 5.41. The number of rotatable bonds is 8. The van der Waals surface area contributed by atoms with Gasteiger partial charge in [0.05, 0.1) is 18.0 Å². The van der Waals surface area contributed by atoms with Gasteiger partial charge in [0.2, 0.25) is 0 Å². The molecule has 5 heteroatoms. The van der Waals surface area contributed by atoms with Crippen molar-refractivity contribution in [1.29, 1.82) is 0 Å². The minimum Gasteiger partial charge on any atom is -0.493 e. The van der Waals surface area contributed by atoms with E-state index in [4.69, 9.17) is 9.72 Å². The molecule has 2 aliphatic heterocycles. The van der Waals surface area contributed by atoms with E-state index in [2.05, 4.69) is 66.8 Å². The monoisotopic (exact) mass is 491 g/mol. The number of benzene rings is 3. The lowest BCUT2D eigenvalue weighted by Crippen LogP contribution is -2.28. The number of aromatic nitrogens is 2. The number of unbranched alkanes of at least 4 members (excludes halogenated alkanes) is 1. The summed E-state index contributed by atoms with van der Waals surface area (Å²) in [5, 5.41) is 3.42. The van der Waals surface area contributed by atoms with Gasteiger partial charge in [0.1, 0.15) is 11.6 Å². The van der Waals surface area contributed by atoms with Gasteiger partial charge >= 0.3 is 0 Å². The molecule has 188 valence electrons. The van der Waals surface area contributed by atoms with Gasteiger partial charge in [-0.2, -0.15) is 0 Å². The van der Waals surface area contributed by atoms with E-state index in [9.17, 15) is 4.79 Å². The van der Waals surface area contributed by atoms with Gasteiger partial charge < -0.3 is 10.1 Å². The minimum atomic E-state index is 0.0340. The average molecular weight is 492 g/mol. The molecule has 3 aromatic carbocycles. The Hall–Kier alpha value is -3.70. The first-order valence-electron chi connectivity index (χ1n) is 13.4. The van der Waals surface area contributed by atoms with Crippen LogP contribution in [0.3, 0.4) is 0 Å². The molecule has 1 saturated heterocycles. The van der Waals surface area contributed by atoms with E-state index in [0.29, 0.717) is 19.1 Å². The van der Waals surface area contributed by atoms with Crippen LogP contribution in [-0.2, 0) is 19.3 Å². The van der Waals surface area contributed by atoms with Crippen molar-refractivity contribution in [2.24, 2.45) is 0 Å². The van der Waals surface area contributed by atoms with Crippen molar-refractivity contribution in [3.8, 4) is 22.6 Å². The van der Waals surface area contributed by atoms with Gasteiger partial charge in [-0.25, -0.2) is 4.98 Å². The molecular weight excluding hydrogens is 458 g/mol. The number of hydrogen-bond donors (Lipinski definition) is 1. The Labute approximate surface area is 218 Å². The van der Waals surface area contributed by atoms with Crippen molar-refractivity contribution >= 4 is 0 Å². The Kier molecular flexibility index (Phi) is 6.39. The molecule has 37 heavy (non-hydrogen) atoms. The molecule has 0 unspecified atom stereocenters. The van der Waals surface area contributed by atoms with Gasteiger partial charge in [-0.3, -0.25) is 9.36 Å². The van der Waals surface area contributed by atoms with E-state index in [0.717, 1.165) is 71.9 Å². The van der Waals surface area contributed by atoms with Crippen LogP contribution in [0.2, 0.25) is 0 Å². The SMILES string of the molecule is CCCCc1nc(C)n(-c2ccc3c(c2)CCO3)c(=O)c1Cc1ccc(-c2ccccc2[C@@H]2CN2)cc1. The maximum Gasteiger partial charge on any atom is 0.261 e. The minimum absolute atomic E-state index is 0.0340. The molecule has 1 atom stereocenters. The van der Waals surface area contributed by atoms with Crippen molar-refractivity contribution in [2.75, 3.05) is 13.2 Å². The fraction of sp³-hybridized carbons (Fsp3) is 0.312. The first-order chi connectivity index (χ1) is 18.1. The summed E-state index contributed by atoms with van der Waals surface area (Å²) >= 11 is 0. The summed E-state index contributed by atoms with van der Waals surface area (Å²) in [4.78, 5) is 18.9. The third kappa shape index (κ3) is 4.72. The van der Waals surface area contributed by atoms with E-state index in [-0.39, 0.29) is 5.56 Å². The van der Waals surface area contributed by atoms with Crippen molar-refractivity contribution < 1.29 is 4.74 Å². The van der Waals surface area contributed by atoms with E-state index < -0.39 is 0 Å². The van der Waals surface area contributed by atoms with Crippen LogP contribution in [0.4, 0.5) is 0 Å². The smallest absolute Gasteiger partial charge is 0.261 e. The molecule has 0 bridgehead atoms. The molecule has 6 rings (SSSR count). The quantitative estimate of drug-likeness (QED) is 0.320. The molecular formula is C32H33N3O2. The number of hydrogen-bond acceptors (Lipinski definition) is 4. The van der Waals surface area contributed by atoms with Gasteiger partial charge in [-0.15, -0.1) is 0 Å². The van der Waals surface area contributed by atoms with Crippen LogP contribution >= 0.6 is 0 Å². The Bertz CT molecular complexity index is 1500. The van der Waals surface area contributed by atoms with Crippen LogP contribution in [-0.4, -0.2) is 22.7 Å². The molecule has 0 amide bonds. The number of fused-ring (bicyclic) bond motifs is 1. The van der Waals surface area contributed by atoms with E-state index in [1.165, 1.54) is 16.7 Å². The zero-order chi connectivity index (χ0) is 25.4. The molecule has 0 radical (unpaired) electrons. The van der Waals surface area contributed by atoms with Crippen LogP contribution < -0.4 is 15.6 Å². The molecule has 0 spiro atoms. The first kappa shape index (κ1) is 23.7. The van der Waals surface area contributed by atoms with E-state index >= 15 is 0 Å². The lowest BCUT2D eigenvalue weighted by atomic mass is 9.95. The van der Waals surface area contributed by atoms with Crippen LogP contribution in [0.1, 0.15) is 59.6 Å². The zero-order valence-electron chi connectivity index (χ0n) is 21.6. The van der Waals surface area contributed by atoms with Crippen LogP contribution in [0.25, 0.3) is 16.8 Å². The zero-order valence-corrected chi connectivity index (χ0v) is 21.6. The lowest BCUT2D eigenvalue weighted by molar-refractivity contribution is 0.357. The molecule has 1 N–H and O–H groups in total. The highest BCUT2D eigenvalue weighted by Crippen LogP contribution is 2.33. The largest absolute Gasteiger partial charge is 0.493 e. The first-order valence-corrected chi connectivity index (χ1v) is 13.4. The molecule has 5 nitrogen and oxygen atoms in total. The topological polar surface area (TPSA) is 66.1 Å². The highest BCUT2D eigenvalue weighted by Gasteiger charge is 2.25. The number of aryl methyl sites for hydroxylation is 2. The Morgan fingerprint density at radius 3 is 2.68 bits per heavy atom. The summed E-state index contributed by atoms with van der Waals surface area (Å²) in [5.41, 5.74) is 8.73. The fourth-order valence-electron chi connectivity index (χ4n) is 5.41. The molecule has 3 heterocycles.